The van der Waals surface area contributed by atoms with Crippen molar-refractivity contribution in [3.8, 4) is 11.1 Å². The Hall–Kier alpha value is -3.02. The number of hydrogen-bond acceptors (Lipinski definition) is 3. The number of aryl methyl sites for hydroxylation is 2. The van der Waals surface area contributed by atoms with Crippen LogP contribution in [-0.2, 0) is 13.6 Å². The number of aromatic nitrogens is 5. The third kappa shape index (κ3) is 2.56. The first-order chi connectivity index (χ1) is 11.6. The Morgan fingerprint density at radius 3 is 2.75 bits per heavy atom. The predicted molar refractivity (Wildman–Crippen MR) is 90.0 cm³/mol. The van der Waals surface area contributed by atoms with E-state index in [2.05, 4.69) is 25.9 Å². The van der Waals surface area contributed by atoms with Gasteiger partial charge in [-0.15, -0.1) is 5.10 Å². The van der Waals surface area contributed by atoms with Gasteiger partial charge in [-0.2, -0.15) is 0 Å². The molecule has 5 nitrogen and oxygen atoms in total. The smallest absolute Gasteiger partial charge is 0.126 e. The van der Waals surface area contributed by atoms with Gasteiger partial charge in [-0.1, -0.05) is 11.3 Å². The molecule has 6 heteroatoms. The first kappa shape index (κ1) is 14.6. The molecule has 0 aliphatic carbocycles. The second-order valence-electron chi connectivity index (χ2n) is 5.92. The molecule has 0 N–H and O–H groups in total. The first-order valence-electron chi connectivity index (χ1n) is 7.67. The van der Waals surface area contributed by atoms with E-state index in [0.29, 0.717) is 12.1 Å². The maximum atomic E-state index is 13.5. The van der Waals surface area contributed by atoms with E-state index in [4.69, 9.17) is 0 Å². The fourth-order valence-electron chi connectivity index (χ4n) is 2.83. The van der Waals surface area contributed by atoms with Gasteiger partial charge in [0.05, 0.1) is 17.6 Å². The van der Waals surface area contributed by atoms with Gasteiger partial charge in [0, 0.05) is 31.2 Å². The van der Waals surface area contributed by atoms with Crippen molar-refractivity contribution in [3.63, 3.8) is 0 Å². The van der Waals surface area contributed by atoms with Crippen LogP contribution in [0.3, 0.4) is 0 Å². The number of pyridine rings is 1. The van der Waals surface area contributed by atoms with Gasteiger partial charge < -0.3 is 4.57 Å². The van der Waals surface area contributed by atoms with Crippen LogP contribution in [-0.4, -0.2) is 24.5 Å². The quantitative estimate of drug-likeness (QED) is 0.581. The fourth-order valence-corrected chi connectivity index (χ4v) is 2.83. The zero-order chi connectivity index (χ0) is 16.7. The van der Waals surface area contributed by atoms with E-state index in [-0.39, 0.29) is 5.82 Å². The minimum atomic E-state index is -0.196. The van der Waals surface area contributed by atoms with Crippen molar-refractivity contribution >= 4 is 11.0 Å². The largest absolute Gasteiger partial charge is 0.340 e. The average molecular weight is 321 g/mol. The van der Waals surface area contributed by atoms with Gasteiger partial charge in [-0.05, 0) is 42.3 Å². The minimum Gasteiger partial charge on any atom is -0.340 e. The van der Waals surface area contributed by atoms with Crippen LogP contribution in [0, 0.1) is 12.7 Å². The standard InChI is InChI=1S/C18H16FN5/c1-12-7-13(3-4-16(12)19)14-8-18-17(20-9-14)5-6-24(18)11-15-10-23(2)22-21-15/h3-10H,11H2,1-2H3. The zero-order valence-corrected chi connectivity index (χ0v) is 13.4. The minimum absolute atomic E-state index is 0.196. The lowest BCUT2D eigenvalue weighted by Gasteiger charge is -2.06. The van der Waals surface area contributed by atoms with Crippen LogP contribution in [0.4, 0.5) is 4.39 Å². The molecule has 0 saturated heterocycles. The Balaban J connectivity index is 1.76. The van der Waals surface area contributed by atoms with Gasteiger partial charge in [-0.3, -0.25) is 9.67 Å². The Labute approximate surface area is 138 Å². The molecule has 0 bridgehead atoms. The molecule has 0 aliphatic heterocycles. The van der Waals surface area contributed by atoms with E-state index in [1.165, 1.54) is 6.07 Å². The molecular weight excluding hydrogens is 305 g/mol. The number of fused-ring (bicyclic) bond motifs is 1. The lowest BCUT2D eigenvalue weighted by Crippen LogP contribution is -1.98. The molecule has 3 aromatic heterocycles. The molecule has 0 atom stereocenters. The molecule has 0 amide bonds. The maximum Gasteiger partial charge on any atom is 0.126 e. The van der Waals surface area contributed by atoms with Crippen LogP contribution in [0.25, 0.3) is 22.2 Å². The van der Waals surface area contributed by atoms with E-state index in [1.807, 2.05) is 37.8 Å². The Morgan fingerprint density at radius 1 is 1.12 bits per heavy atom. The van der Waals surface area contributed by atoms with E-state index >= 15 is 0 Å². The highest BCUT2D eigenvalue weighted by molar-refractivity contribution is 5.81. The van der Waals surface area contributed by atoms with Crippen molar-refractivity contribution in [1.82, 2.24) is 24.5 Å². The van der Waals surface area contributed by atoms with E-state index in [9.17, 15) is 4.39 Å². The molecule has 0 fully saturated rings. The molecule has 4 aromatic rings. The van der Waals surface area contributed by atoms with Gasteiger partial charge in [0.25, 0.3) is 0 Å². The summed E-state index contributed by atoms with van der Waals surface area (Å²) < 4.78 is 17.3. The highest BCUT2D eigenvalue weighted by Gasteiger charge is 2.08. The summed E-state index contributed by atoms with van der Waals surface area (Å²) in [7, 11) is 1.85. The Bertz CT molecular complexity index is 1030. The molecule has 4 rings (SSSR count). The molecule has 1 aromatic carbocycles. The monoisotopic (exact) mass is 321 g/mol. The lowest BCUT2D eigenvalue weighted by molar-refractivity contribution is 0.619. The number of benzene rings is 1. The van der Waals surface area contributed by atoms with Crippen LogP contribution in [0.1, 0.15) is 11.3 Å². The van der Waals surface area contributed by atoms with Crippen molar-refractivity contribution in [2.24, 2.45) is 7.05 Å². The van der Waals surface area contributed by atoms with Crippen LogP contribution < -0.4 is 0 Å². The normalized spacial score (nSPS) is 11.3. The topological polar surface area (TPSA) is 48.5 Å². The molecule has 0 radical (unpaired) electrons. The van der Waals surface area contributed by atoms with Crippen molar-refractivity contribution in [3.05, 3.63) is 66.0 Å². The second-order valence-corrected chi connectivity index (χ2v) is 5.92. The van der Waals surface area contributed by atoms with Crippen LogP contribution in [0.2, 0.25) is 0 Å². The fraction of sp³-hybridized carbons (Fsp3) is 0.167. The molecular formula is C18H16FN5. The summed E-state index contributed by atoms with van der Waals surface area (Å²) in [5.41, 5.74) is 5.36. The maximum absolute atomic E-state index is 13.5. The molecule has 0 unspecified atom stereocenters. The second kappa shape index (κ2) is 5.56. The third-order valence-corrected chi connectivity index (χ3v) is 4.09. The summed E-state index contributed by atoms with van der Waals surface area (Å²) in [4.78, 5) is 4.52. The summed E-state index contributed by atoms with van der Waals surface area (Å²) in [6.07, 6.45) is 5.71. The Morgan fingerprint density at radius 2 is 2.00 bits per heavy atom. The van der Waals surface area contributed by atoms with E-state index in [1.54, 1.807) is 17.7 Å². The van der Waals surface area contributed by atoms with Crippen LogP contribution in [0.15, 0.2) is 48.9 Å². The Kier molecular flexibility index (Phi) is 3.37. The third-order valence-electron chi connectivity index (χ3n) is 4.09. The highest BCUT2D eigenvalue weighted by atomic mass is 19.1. The van der Waals surface area contributed by atoms with Crippen LogP contribution >= 0.6 is 0 Å². The summed E-state index contributed by atoms with van der Waals surface area (Å²) in [6.45, 7) is 2.40. The van der Waals surface area contributed by atoms with Gasteiger partial charge in [0.1, 0.15) is 11.5 Å². The summed E-state index contributed by atoms with van der Waals surface area (Å²) in [5, 5.41) is 8.09. The summed E-state index contributed by atoms with van der Waals surface area (Å²) in [6, 6.07) is 9.17. The van der Waals surface area contributed by atoms with Crippen molar-refractivity contribution in [2.45, 2.75) is 13.5 Å². The number of hydrogen-bond donors (Lipinski definition) is 0. The zero-order valence-electron chi connectivity index (χ0n) is 13.4. The molecule has 3 heterocycles. The number of halogens is 1. The van der Waals surface area contributed by atoms with Gasteiger partial charge >= 0.3 is 0 Å². The molecule has 0 saturated carbocycles. The van der Waals surface area contributed by atoms with E-state index < -0.39 is 0 Å². The van der Waals surface area contributed by atoms with Crippen molar-refractivity contribution in [1.29, 1.82) is 0 Å². The predicted octanol–water partition coefficient (Wildman–Crippen LogP) is 3.33. The van der Waals surface area contributed by atoms with Gasteiger partial charge in [0.2, 0.25) is 0 Å². The van der Waals surface area contributed by atoms with E-state index in [0.717, 1.165) is 27.9 Å². The molecule has 120 valence electrons. The number of rotatable bonds is 3. The summed E-state index contributed by atoms with van der Waals surface area (Å²) in [5.74, 6) is -0.196. The number of nitrogens with zero attached hydrogens (tertiary/aromatic N) is 5. The molecule has 24 heavy (non-hydrogen) atoms. The van der Waals surface area contributed by atoms with Crippen LogP contribution in [0.5, 0.6) is 0 Å². The SMILES string of the molecule is Cc1cc(-c2cnc3ccn(Cc4cn(C)nn4)c3c2)ccc1F. The van der Waals surface area contributed by atoms with Gasteiger partial charge in [0.15, 0.2) is 0 Å². The lowest BCUT2D eigenvalue weighted by atomic mass is 10.0. The van der Waals surface area contributed by atoms with Crippen molar-refractivity contribution in [2.75, 3.05) is 0 Å². The van der Waals surface area contributed by atoms with Gasteiger partial charge in [-0.25, -0.2) is 4.39 Å². The van der Waals surface area contributed by atoms with Crippen molar-refractivity contribution < 1.29 is 4.39 Å². The molecule has 0 spiro atoms. The average Bonchev–Trinajstić information content (AvgIpc) is 3.16. The summed E-state index contributed by atoms with van der Waals surface area (Å²) >= 11 is 0. The molecule has 0 aliphatic rings. The first-order valence-corrected chi connectivity index (χ1v) is 7.67. The highest BCUT2D eigenvalue weighted by Crippen LogP contribution is 2.25.